The number of carbonyl (C=O) groups is 2. The lowest BCUT2D eigenvalue weighted by Gasteiger charge is -2.41. The van der Waals surface area contributed by atoms with Crippen molar-refractivity contribution in [3.63, 3.8) is 0 Å². The van der Waals surface area contributed by atoms with Crippen molar-refractivity contribution in [2.24, 2.45) is 0 Å². The van der Waals surface area contributed by atoms with Gasteiger partial charge in [0.25, 0.3) is 0 Å². The molecule has 1 aromatic carbocycles. The summed E-state index contributed by atoms with van der Waals surface area (Å²) in [5.41, 5.74) is 1.29. The van der Waals surface area contributed by atoms with Crippen LogP contribution in [-0.2, 0) is 15.3 Å². The van der Waals surface area contributed by atoms with Crippen LogP contribution in [0.2, 0.25) is 0 Å². The second kappa shape index (κ2) is 7.39. The van der Waals surface area contributed by atoms with Gasteiger partial charge in [-0.3, -0.25) is 9.59 Å². The molecule has 5 heteroatoms. The molecule has 4 nitrogen and oxygen atoms in total. The number of piperazine rings is 1. The first-order valence-electron chi connectivity index (χ1n) is 8.38. The SMILES string of the molecule is C[C@H]1C(=O)N2CCC[C@H]2CN1C(=O)CCSCc1ccccc1. The van der Waals surface area contributed by atoms with Crippen molar-refractivity contribution in [2.75, 3.05) is 18.8 Å². The summed E-state index contributed by atoms with van der Waals surface area (Å²) in [5, 5.41) is 0. The number of carbonyl (C=O) groups excluding carboxylic acids is 2. The highest BCUT2D eigenvalue weighted by atomic mass is 32.2. The van der Waals surface area contributed by atoms with Gasteiger partial charge in [-0.1, -0.05) is 30.3 Å². The number of benzene rings is 1. The van der Waals surface area contributed by atoms with E-state index >= 15 is 0 Å². The third kappa shape index (κ3) is 3.71. The average molecular weight is 332 g/mol. The molecule has 2 amide bonds. The highest BCUT2D eigenvalue weighted by molar-refractivity contribution is 7.98. The molecule has 3 rings (SSSR count). The first-order chi connectivity index (χ1) is 11.2. The highest BCUT2D eigenvalue weighted by Crippen LogP contribution is 2.26. The van der Waals surface area contributed by atoms with Crippen LogP contribution in [0.15, 0.2) is 30.3 Å². The fraction of sp³-hybridized carbons (Fsp3) is 0.556. The van der Waals surface area contributed by atoms with E-state index < -0.39 is 0 Å². The third-order valence-corrected chi connectivity index (χ3v) is 5.81. The monoisotopic (exact) mass is 332 g/mol. The molecule has 0 radical (unpaired) electrons. The minimum Gasteiger partial charge on any atom is -0.336 e. The molecule has 0 aliphatic carbocycles. The number of thioether (sulfide) groups is 1. The molecule has 0 aromatic heterocycles. The van der Waals surface area contributed by atoms with Crippen LogP contribution in [0.5, 0.6) is 0 Å². The Bertz CT molecular complexity index is 563. The number of hydrogen-bond acceptors (Lipinski definition) is 3. The Morgan fingerprint density at radius 3 is 2.87 bits per heavy atom. The number of amides is 2. The van der Waals surface area contributed by atoms with Gasteiger partial charge in [-0.25, -0.2) is 0 Å². The fourth-order valence-electron chi connectivity index (χ4n) is 3.46. The molecule has 0 N–H and O–H groups in total. The van der Waals surface area contributed by atoms with E-state index in [1.807, 2.05) is 30.0 Å². The molecule has 124 valence electrons. The summed E-state index contributed by atoms with van der Waals surface area (Å²) < 4.78 is 0. The largest absolute Gasteiger partial charge is 0.336 e. The summed E-state index contributed by atoms with van der Waals surface area (Å²) in [5.74, 6) is 1.99. The maximum atomic E-state index is 12.5. The lowest BCUT2D eigenvalue weighted by molar-refractivity contribution is -0.152. The molecule has 2 aliphatic heterocycles. The Hall–Kier alpha value is -1.49. The van der Waals surface area contributed by atoms with Crippen LogP contribution in [-0.4, -0.2) is 52.5 Å². The normalized spacial score (nSPS) is 24.0. The molecule has 1 aromatic rings. The van der Waals surface area contributed by atoms with Gasteiger partial charge in [0.15, 0.2) is 0 Å². The van der Waals surface area contributed by atoms with Crippen LogP contribution in [0, 0.1) is 0 Å². The predicted molar refractivity (Wildman–Crippen MR) is 93.1 cm³/mol. The van der Waals surface area contributed by atoms with E-state index in [1.165, 1.54) is 5.56 Å². The lowest BCUT2D eigenvalue weighted by atomic mass is 10.1. The number of hydrogen-bond donors (Lipinski definition) is 0. The van der Waals surface area contributed by atoms with Crippen molar-refractivity contribution in [3.05, 3.63) is 35.9 Å². The topological polar surface area (TPSA) is 40.6 Å². The summed E-state index contributed by atoms with van der Waals surface area (Å²) >= 11 is 1.78. The smallest absolute Gasteiger partial charge is 0.245 e. The highest BCUT2D eigenvalue weighted by Gasteiger charge is 2.41. The Morgan fingerprint density at radius 2 is 2.09 bits per heavy atom. The van der Waals surface area contributed by atoms with Crippen molar-refractivity contribution in [1.82, 2.24) is 9.80 Å². The number of fused-ring (bicyclic) bond motifs is 1. The molecule has 23 heavy (non-hydrogen) atoms. The third-order valence-electron chi connectivity index (χ3n) is 4.78. The molecular weight excluding hydrogens is 308 g/mol. The average Bonchev–Trinajstić information content (AvgIpc) is 3.04. The van der Waals surface area contributed by atoms with Crippen LogP contribution in [0.3, 0.4) is 0 Å². The van der Waals surface area contributed by atoms with Gasteiger partial charge in [0.05, 0.1) is 0 Å². The maximum Gasteiger partial charge on any atom is 0.245 e. The predicted octanol–water partition coefficient (Wildman–Crippen LogP) is 2.53. The molecule has 2 fully saturated rings. The van der Waals surface area contributed by atoms with Crippen LogP contribution >= 0.6 is 11.8 Å². The van der Waals surface area contributed by atoms with Gasteiger partial charge < -0.3 is 9.80 Å². The van der Waals surface area contributed by atoms with E-state index in [-0.39, 0.29) is 23.9 Å². The van der Waals surface area contributed by atoms with Crippen LogP contribution in [0.4, 0.5) is 0 Å². The summed E-state index contributed by atoms with van der Waals surface area (Å²) in [4.78, 5) is 28.6. The molecule has 2 aliphatic rings. The molecule has 2 saturated heterocycles. The van der Waals surface area contributed by atoms with Gasteiger partial charge in [0, 0.05) is 37.1 Å². The van der Waals surface area contributed by atoms with Gasteiger partial charge >= 0.3 is 0 Å². The Morgan fingerprint density at radius 1 is 1.30 bits per heavy atom. The van der Waals surface area contributed by atoms with E-state index in [4.69, 9.17) is 0 Å². The first-order valence-corrected chi connectivity index (χ1v) is 9.54. The summed E-state index contributed by atoms with van der Waals surface area (Å²) in [6.07, 6.45) is 2.62. The van der Waals surface area contributed by atoms with Gasteiger partial charge in [0.2, 0.25) is 11.8 Å². The Kier molecular flexibility index (Phi) is 5.26. The van der Waals surface area contributed by atoms with Gasteiger partial charge in [0.1, 0.15) is 6.04 Å². The standard InChI is InChI=1S/C18H24N2O2S/c1-14-18(22)19-10-5-8-16(19)12-20(14)17(21)9-11-23-13-15-6-3-2-4-7-15/h2-4,6-7,14,16H,5,8-13H2,1H3/t14-,16-/m0/s1. The zero-order valence-electron chi connectivity index (χ0n) is 13.6. The van der Waals surface area contributed by atoms with E-state index in [0.717, 1.165) is 37.4 Å². The summed E-state index contributed by atoms with van der Waals surface area (Å²) in [7, 11) is 0. The second-order valence-corrected chi connectivity index (χ2v) is 7.44. The fourth-order valence-corrected chi connectivity index (χ4v) is 4.35. The van der Waals surface area contributed by atoms with E-state index in [2.05, 4.69) is 12.1 Å². The number of rotatable bonds is 5. The van der Waals surface area contributed by atoms with E-state index in [0.29, 0.717) is 6.42 Å². The van der Waals surface area contributed by atoms with Crippen molar-refractivity contribution in [3.8, 4) is 0 Å². The molecule has 0 bridgehead atoms. The molecule has 2 heterocycles. The van der Waals surface area contributed by atoms with Gasteiger partial charge in [-0.15, -0.1) is 0 Å². The van der Waals surface area contributed by atoms with Crippen molar-refractivity contribution < 1.29 is 9.59 Å². The summed E-state index contributed by atoms with van der Waals surface area (Å²) in [6, 6.07) is 10.3. The Balaban J connectivity index is 1.47. The van der Waals surface area contributed by atoms with Crippen LogP contribution in [0.25, 0.3) is 0 Å². The molecule has 2 atom stereocenters. The second-order valence-electron chi connectivity index (χ2n) is 6.34. The van der Waals surface area contributed by atoms with Crippen molar-refractivity contribution in [2.45, 2.75) is 44.0 Å². The lowest BCUT2D eigenvalue weighted by Crippen LogP contribution is -2.60. The quantitative estimate of drug-likeness (QED) is 0.778. The molecule has 0 unspecified atom stereocenters. The van der Waals surface area contributed by atoms with Crippen LogP contribution in [0.1, 0.15) is 31.7 Å². The zero-order valence-corrected chi connectivity index (χ0v) is 14.4. The molecular formula is C18H24N2O2S. The van der Waals surface area contributed by atoms with Crippen LogP contribution < -0.4 is 0 Å². The minimum absolute atomic E-state index is 0.123. The molecule has 0 saturated carbocycles. The Labute approximate surface area is 142 Å². The van der Waals surface area contributed by atoms with Crippen molar-refractivity contribution in [1.29, 1.82) is 0 Å². The number of nitrogens with zero attached hydrogens (tertiary/aromatic N) is 2. The van der Waals surface area contributed by atoms with Gasteiger partial charge in [-0.05, 0) is 25.3 Å². The van der Waals surface area contributed by atoms with Crippen molar-refractivity contribution >= 4 is 23.6 Å². The minimum atomic E-state index is -0.295. The maximum absolute atomic E-state index is 12.5. The molecule has 0 spiro atoms. The summed E-state index contributed by atoms with van der Waals surface area (Å²) in [6.45, 7) is 3.45. The zero-order chi connectivity index (χ0) is 16.2. The van der Waals surface area contributed by atoms with Gasteiger partial charge in [-0.2, -0.15) is 11.8 Å². The van der Waals surface area contributed by atoms with E-state index in [9.17, 15) is 9.59 Å². The van der Waals surface area contributed by atoms with E-state index in [1.54, 1.807) is 16.7 Å². The first kappa shape index (κ1) is 16.4.